The van der Waals surface area contributed by atoms with Crippen molar-refractivity contribution in [2.45, 2.75) is 30.7 Å². The van der Waals surface area contributed by atoms with E-state index in [1.807, 2.05) is 0 Å². The van der Waals surface area contributed by atoms with E-state index in [1.165, 1.54) is 0 Å². The molecule has 1 saturated carbocycles. The molecule has 0 saturated heterocycles. The maximum Gasteiger partial charge on any atom is 0.306 e. The normalized spacial score (nSPS) is 17.2. The Balaban J connectivity index is 2.29. The zero-order valence-electron chi connectivity index (χ0n) is 10.2. The van der Waals surface area contributed by atoms with Crippen molar-refractivity contribution in [2.24, 2.45) is 5.92 Å². The van der Waals surface area contributed by atoms with Gasteiger partial charge < -0.3 is 0 Å². The Bertz CT molecular complexity index is 613. The number of nitrogens with one attached hydrogen (secondary N) is 1. The van der Waals surface area contributed by atoms with Crippen molar-refractivity contribution >= 4 is 15.7 Å². The monoisotopic (exact) mass is 288 g/mol. The van der Waals surface area contributed by atoms with Crippen LogP contribution < -0.4 is 4.72 Å². The van der Waals surface area contributed by atoms with Gasteiger partial charge in [-0.15, -0.1) is 0 Å². The van der Waals surface area contributed by atoms with Crippen LogP contribution >= 0.6 is 0 Å². The molecule has 0 bridgehead atoms. The SMILES string of the molecule is C[C@@H](NS(=O)(=O)c1ccc(F)c([N+](=O)[O-])c1)C1CC1. The van der Waals surface area contributed by atoms with Crippen molar-refractivity contribution in [1.29, 1.82) is 0 Å². The molecule has 104 valence electrons. The summed E-state index contributed by atoms with van der Waals surface area (Å²) in [6.45, 7) is 1.74. The first kappa shape index (κ1) is 13.9. The number of hydrogen-bond donors (Lipinski definition) is 1. The second-order valence-electron chi connectivity index (χ2n) is 4.62. The molecule has 1 aromatic rings. The third-order valence-electron chi connectivity index (χ3n) is 3.09. The largest absolute Gasteiger partial charge is 0.306 e. The number of hydrogen-bond acceptors (Lipinski definition) is 4. The van der Waals surface area contributed by atoms with E-state index in [2.05, 4.69) is 4.72 Å². The summed E-state index contributed by atoms with van der Waals surface area (Å²) in [7, 11) is -3.86. The van der Waals surface area contributed by atoms with Crippen LogP contribution in [0, 0.1) is 21.8 Å². The highest BCUT2D eigenvalue weighted by Crippen LogP contribution is 2.33. The van der Waals surface area contributed by atoms with Crippen LogP contribution in [0.25, 0.3) is 0 Å². The summed E-state index contributed by atoms with van der Waals surface area (Å²) < 4.78 is 39.6. The van der Waals surface area contributed by atoms with Crippen LogP contribution in [0.2, 0.25) is 0 Å². The van der Waals surface area contributed by atoms with Crippen molar-refractivity contribution in [3.63, 3.8) is 0 Å². The van der Waals surface area contributed by atoms with Gasteiger partial charge in [-0.2, -0.15) is 4.39 Å². The van der Waals surface area contributed by atoms with Crippen LogP contribution in [0.4, 0.5) is 10.1 Å². The first-order valence-electron chi connectivity index (χ1n) is 5.77. The van der Waals surface area contributed by atoms with E-state index in [1.54, 1.807) is 6.92 Å². The van der Waals surface area contributed by atoms with E-state index in [0.29, 0.717) is 5.92 Å². The third kappa shape index (κ3) is 3.07. The summed E-state index contributed by atoms with van der Waals surface area (Å²) in [5, 5.41) is 10.6. The van der Waals surface area contributed by atoms with Crippen molar-refractivity contribution < 1.29 is 17.7 Å². The molecule has 0 radical (unpaired) electrons. The van der Waals surface area contributed by atoms with E-state index in [0.717, 1.165) is 31.0 Å². The van der Waals surface area contributed by atoms with Crippen LogP contribution in [-0.2, 0) is 10.0 Å². The van der Waals surface area contributed by atoms with Crippen LogP contribution in [0.3, 0.4) is 0 Å². The molecule has 0 aliphatic heterocycles. The van der Waals surface area contributed by atoms with Crippen LogP contribution in [0.15, 0.2) is 23.1 Å². The number of sulfonamides is 1. The highest BCUT2D eigenvalue weighted by molar-refractivity contribution is 7.89. The van der Waals surface area contributed by atoms with E-state index in [9.17, 15) is 22.9 Å². The molecule has 1 aliphatic rings. The van der Waals surface area contributed by atoms with Gasteiger partial charge in [0.25, 0.3) is 0 Å². The first-order chi connectivity index (χ1) is 8.81. The Morgan fingerprint density at radius 2 is 2.11 bits per heavy atom. The molecule has 0 spiro atoms. The molecule has 0 unspecified atom stereocenters. The minimum absolute atomic E-state index is 0.228. The lowest BCUT2D eigenvalue weighted by Crippen LogP contribution is -2.34. The highest BCUT2D eigenvalue weighted by Gasteiger charge is 2.31. The number of halogens is 1. The summed E-state index contributed by atoms with van der Waals surface area (Å²) in [5.41, 5.74) is -0.845. The molecule has 0 heterocycles. The van der Waals surface area contributed by atoms with Gasteiger partial charge in [-0.1, -0.05) is 0 Å². The molecule has 1 aromatic carbocycles. The van der Waals surface area contributed by atoms with E-state index in [4.69, 9.17) is 0 Å². The standard InChI is InChI=1S/C11H13FN2O4S/c1-7(8-2-3-8)13-19(17,18)9-4-5-10(12)11(6-9)14(15)16/h4-8,13H,2-3H2,1H3/t7-/m1/s1. The second-order valence-corrected chi connectivity index (χ2v) is 6.33. The molecule has 0 aromatic heterocycles. The number of benzene rings is 1. The molecule has 1 aliphatic carbocycles. The average molecular weight is 288 g/mol. The lowest BCUT2D eigenvalue weighted by atomic mass is 10.2. The van der Waals surface area contributed by atoms with Crippen molar-refractivity contribution in [3.05, 3.63) is 34.1 Å². The molecule has 1 fully saturated rings. The molecule has 6 nitrogen and oxygen atoms in total. The topological polar surface area (TPSA) is 89.3 Å². The number of nitro benzene ring substituents is 1. The van der Waals surface area contributed by atoms with Crippen LogP contribution in [0.5, 0.6) is 0 Å². The summed E-state index contributed by atoms with van der Waals surface area (Å²) in [6, 6.07) is 2.31. The minimum Gasteiger partial charge on any atom is -0.258 e. The molecular formula is C11H13FN2O4S. The van der Waals surface area contributed by atoms with E-state index < -0.39 is 26.5 Å². The van der Waals surface area contributed by atoms with Crippen molar-refractivity contribution in [2.75, 3.05) is 0 Å². The van der Waals surface area contributed by atoms with Gasteiger partial charge in [-0.3, -0.25) is 10.1 Å². The predicted octanol–water partition coefficient (Wildman–Crippen LogP) is 1.81. The maximum atomic E-state index is 13.2. The fourth-order valence-electron chi connectivity index (χ4n) is 1.80. The Morgan fingerprint density at radius 3 is 2.63 bits per heavy atom. The highest BCUT2D eigenvalue weighted by atomic mass is 32.2. The summed E-state index contributed by atoms with van der Waals surface area (Å²) in [4.78, 5) is 9.35. The summed E-state index contributed by atoms with van der Waals surface area (Å²) in [6.07, 6.45) is 1.93. The third-order valence-corrected chi connectivity index (χ3v) is 4.65. The van der Waals surface area contributed by atoms with Gasteiger partial charge in [0.2, 0.25) is 15.8 Å². The fourth-order valence-corrected chi connectivity index (χ4v) is 3.14. The number of nitrogens with zero attached hydrogens (tertiary/aromatic N) is 1. The maximum absolute atomic E-state index is 13.2. The molecule has 2 rings (SSSR count). The van der Waals surface area contributed by atoms with Crippen LogP contribution in [0.1, 0.15) is 19.8 Å². The lowest BCUT2D eigenvalue weighted by Gasteiger charge is -2.13. The zero-order chi connectivity index (χ0) is 14.2. The van der Waals surface area contributed by atoms with Gasteiger partial charge in [-0.25, -0.2) is 13.1 Å². The molecule has 19 heavy (non-hydrogen) atoms. The van der Waals surface area contributed by atoms with Gasteiger partial charge in [0.05, 0.1) is 9.82 Å². The lowest BCUT2D eigenvalue weighted by molar-refractivity contribution is -0.387. The van der Waals surface area contributed by atoms with Gasteiger partial charge in [0, 0.05) is 12.1 Å². The average Bonchev–Trinajstić information content (AvgIpc) is 3.11. The Kier molecular flexibility index (Phi) is 3.55. The molecule has 0 amide bonds. The quantitative estimate of drug-likeness (QED) is 0.661. The molecule has 8 heteroatoms. The zero-order valence-corrected chi connectivity index (χ0v) is 11.0. The summed E-state index contributed by atoms with van der Waals surface area (Å²) in [5.74, 6) is -0.746. The Labute approximate surface area is 109 Å². The molecule has 1 N–H and O–H groups in total. The fraction of sp³-hybridized carbons (Fsp3) is 0.455. The number of rotatable bonds is 5. The van der Waals surface area contributed by atoms with Crippen molar-refractivity contribution in [1.82, 2.24) is 4.72 Å². The molecule has 1 atom stereocenters. The smallest absolute Gasteiger partial charge is 0.258 e. The van der Waals surface area contributed by atoms with Gasteiger partial charge >= 0.3 is 5.69 Å². The number of nitro groups is 1. The second kappa shape index (κ2) is 4.86. The Hall–Kier alpha value is -1.54. The Morgan fingerprint density at radius 1 is 1.47 bits per heavy atom. The van der Waals surface area contributed by atoms with Gasteiger partial charge in [0.1, 0.15) is 0 Å². The van der Waals surface area contributed by atoms with E-state index >= 15 is 0 Å². The minimum atomic E-state index is -3.86. The summed E-state index contributed by atoms with van der Waals surface area (Å²) >= 11 is 0. The van der Waals surface area contributed by atoms with Crippen molar-refractivity contribution in [3.8, 4) is 0 Å². The van der Waals surface area contributed by atoms with Gasteiger partial charge in [-0.05, 0) is 37.8 Å². The predicted molar refractivity (Wildman–Crippen MR) is 65.6 cm³/mol. The van der Waals surface area contributed by atoms with Gasteiger partial charge in [0.15, 0.2) is 0 Å². The molecular weight excluding hydrogens is 275 g/mol. The van der Waals surface area contributed by atoms with E-state index in [-0.39, 0.29) is 10.9 Å². The van der Waals surface area contributed by atoms with Crippen LogP contribution in [-0.4, -0.2) is 19.4 Å². The first-order valence-corrected chi connectivity index (χ1v) is 7.26.